The Balaban J connectivity index is 2.56. The van der Waals surface area contributed by atoms with Crippen LogP contribution < -0.4 is 4.74 Å². The Morgan fingerprint density at radius 3 is 2.60 bits per heavy atom. The van der Waals surface area contributed by atoms with Gasteiger partial charge in [0.1, 0.15) is 5.75 Å². The van der Waals surface area contributed by atoms with E-state index >= 15 is 0 Å². The van der Waals surface area contributed by atoms with Gasteiger partial charge in [-0.25, -0.2) is 4.79 Å². The highest BCUT2D eigenvalue weighted by Gasteiger charge is 2.15. The second-order valence-corrected chi connectivity index (χ2v) is 4.70. The summed E-state index contributed by atoms with van der Waals surface area (Å²) in [6.45, 7) is 4.60. The average Bonchev–Trinajstić information content (AvgIpc) is 2.45. The maximum atomic E-state index is 11.4. The summed E-state index contributed by atoms with van der Waals surface area (Å²) in [7, 11) is 0. The molecule has 0 aliphatic rings. The van der Waals surface area contributed by atoms with Crippen molar-refractivity contribution in [3.05, 3.63) is 53.6 Å². The maximum absolute atomic E-state index is 11.4. The minimum absolute atomic E-state index is 0.295. The number of carboxylic acids is 1. The van der Waals surface area contributed by atoms with Crippen LogP contribution in [-0.4, -0.2) is 17.7 Å². The van der Waals surface area contributed by atoms with E-state index in [2.05, 4.69) is 0 Å². The molecule has 0 spiro atoms. The van der Waals surface area contributed by atoms with Crippen LogP contribution in [-0.2, 0) is 0 Å². The van der Waals surface area contributed by atoms with E-state index in [9.17, 15) is 9.90 Å². The Bertz CT molecular complexity index is 617. The average molecular weight is 270 g/mol. The number of aryl methyl sites for hydroxylation is 1. The van der Waals surface area contributed by atoms with E-state index in [4.69, 9.17) is 4.74 Å². The molecule has 0 atom stereocenters. The zero-order valence-electron chi connectivity index (χ0n) is 11.7. The molecule has 0 bridgehead atoms. The number of carboxylic acid groups (broad SMARTS) is 1. The Kier molecular flexibility index (Phi) is 4.41. The monoisotopic (exact) mass is 270 g/mol. The Morgan fingerprint density at radius 2 is 1.90 bits per heavy atom. The van der Waals surface area contributed by atoms with E-state index in [1.165, 1.54) is 0 Å². The molecule has 2 aromatic rings. The molecule has 0 aliphatic carbocycles. The normalized spacial score (nSPS) is 10.3. The molecule has 0 unspecified atom stereocenters. The maximum Gasteiger partial charge on any atom is 0.336 e. The van der Waals surface area contributed by atoms with Crippen molar-refractivity contribution in [2.45, 2.75) is 20.3 Å². The molecule has 2 rings (SSSR count). The lowest BCUT2D eigenvalue weighted by molar-refractivity contribution is 0.0697. The predicted octanol–water partition coefficient (Wildman–Crippen LogP) is 4.15. The molecule has 0 aromatic heterocycles. The summed E-state index contributed by atoms with van der Waals surface area (Å²) in [5.41, 5.74) is 2.84. The molecule has 0 heterocycles. The second-order valence-electron chi connectivity index (χ2n) is 4.70. The second kappa shape index (κ2) is 6.24. The van der Waals surface area contributed by atoms with Crippen LogP contribution in [0.1, 0.15) is 29.3 Å². The lowest BCUT2D eigenvalue weighted by Gasteiger charge is -2.13. The zero-order chi connectivity index (χ0) is 14.5. The van der Waals surface area contributed by atoms with Crippen molar-refractivity contribution in [3.63, 3.8) is 0 Å². The molecule has 0 saturated carbocycles. The number of rotatable bonds is 5. The van der Waals surface area contributed by atoms with Gasteiger partial charge in [-0.3, -0.25) is 0 Å². The van der Waals surface area contributed by atoms with E-state index in [1.807, 2.05) is 50.2 Å². The van der Waals surface area contributed by atoms with Gasteiger partial charge in [-0.1, -0.05) is 42.8 Å². The van der Waals surface area contributed by atoms with Crippen molar-refractivity contribution in [3.8, 4) is 16.9 Å². The molecule has 3 nitrogen and oxygen atoms in total. The molecule has 0 amide bonds. The van der Waals surface area contributed by atoms with E-state index in [0.717, 1.165) is 23.3 Å². The molecular formula is C17H18O3. The molecule has 2 aromatic carbocycles. The molecule has 1 N–H and O–H groups in total. The van der Waals surface area contributed by atoms with E-state index in [0.29, 0.717) is 17.7 Å². The quantitative estimate of drug-likeness (QED) is 0.887. The van der Waals surface area contributed by atoms with Crippen LogP contribution in [0.4, 0.5) is 0 Å². The van der Waals surface area contributed by atoms with Crippen molar-refractivity contribution >= 4 is 5.97 Å². The van der Waals surface area contributed by atoms with Crippen LogP contribution in [0.3, 0.4) is 0 Å². The smallest absolute Gasteiger partial charge is 0.336 e. The van der Waals surface area contributed by atoms with Gasteiger partial charge in [0.05, 0.1) is 12.2 Å². The van der Waals surface area contributed by atoms with Crippen molar-refractivity contribution in [2.75, 3.05) is 6.61 Å². The van der Waals surface area contributed by atoms with E-state index in [-0.39, 0.29) is 0 Å². The molecule has 0 radical (unpaired) electrons. The van der Waals surface area contributed by atoms with Gasteiger partial charge in [0.2, 0.25) is 0 Å². The first kappa shape index (κ1) is 14.1. The molecule has 104 valence electrons. The highest BCUT2D eigenvalue weighted by atomic mass is 16.5. The Hall–Kier alpha value is -2.29. The Labute approximate surface area is 118 Å². The summed E-state index contributed by atoms with van der Waals surface area (Å²) in [4.78, 5) is 11.4. The third-order valence-electron chi connectivity index (χ3n) is 3.04. The number of hydrogen-bond acceptors (Lipinski definition) is 2. The molecule has 0 fully saturated rings. The highest BCUT2D eigenvalue weighted by molar-refractivity contribution is 5.97. The summed E-state index contributed by atoms with van der Waals surface area (Å²) >= 11 is 0. The van der Waals surface area contributed by atoms with Crippen LogP contribution >= 0.6 is 0 Å². The summed E-state index contributed by atoms with van der Waals surface area (Å²) in [5.74, 6) is -0.201. The summed E-state index contributed by atoms with van der Waals surface area (Å²) < 4.78 is 5.72. The van der Waals surface area contributed by atoms with Gasteiger partial charge in [0, 0.05) is 11.1 Å². The first-order chi connectivity index (χ1) is 9.63. The molecule has 20 heavy (non-hydrogen) atoms. The SMILES string of the molecule is CCCOc1ccccc1-c1cc(C)ccc1C(=O)O. The van der Waals surface area contributed by atoms with Gasteiger partial charge >= 0.3 is 5.97 Å². The summed E-state index contributed by atoms with van der Waals surface area (Å²) in [6, 6.07) is 12.9. The fourth-order valence-electron chi connectivity index (χ4n) is 2.09. The number of benzene rings is 2. The van der Waals surface area contributed by atoms with Gasteiger partial charge in [0.15, 0.2) is 0 Å². The first-order valence-electron chi connectivity index (χ1n) is 6.69. The van der Waals surface area contributed by atoms with Gasteiger partial charge in [-0.2, -0.15) is 0 Å². The third-order valence-corrected chi connectivity index (χ3v) is 3.04. The van der Waals surface area contributed by atoms with Gasteiger partial charge in [-0.15, -0.1) is 0 Å². The van der Waals surface area contributed by atoms with Crippen molar-refractivity contribution in [1.29, 1.82) is 0 Å². The fourth-order valence-corrected chi connectivity index (χ4v) is 2.09. The first-order valence-corrected chi connectivity index (χ1v) is 6.69. The Morgan fingerprint density at radius 1 is 1.15 bits per heavy atom. The van der Waals surface area contributed by atoms with Crippen molar-refractivity contribution in [2.24, 2.45) is 0 Å². The summed E-state index contributed by atoms with van der Waals surface area (Å²) in [5, 5.41) is 9.34. The standard InChI is InChI=1S/C17H18O3/c1-3-10-20-16-7-5-4-6-13(16)15-11-12(2)8-9-14(15)17(18)19/h4-9,11H,3,10H2,1-2H3,(H,18,19). The fraction of sp³-hybridized carbons (Fsp3) is 0.235. The van der Waals surface area contributed by atoms with Crippen LogP contribution in [0.2, 0.25) is 0 Å². The van der Waals surface area contributed by atoms with Crippen molar-refractivity contribution in [1.82, 2.24) is 0 Å². The number of carbonyl (C=O) groups is 1. The number of aromatic carboxylic acids is 1. The van der Waals surface area contributed by atoms with Gasteiger partial charge in [0.25, 0.3) is 0 Å². The summed E-state index contributed by atoms with van der Waals surface area (Å²) in [6.07, 6.45) is 0.911. The van der Waals surface area contributed by atoms with Crippen LogP contribution in [0, 0.1) is 6.92 Å². The highest BCUT2D eigenvalue weighted by Crippen LogP contribution is 2.33. The van der Waals surface area contributed by atoms with Crippen molar-refractivity contribution < 1.29 is 14.6 Å². The van der Waals surface area contributed by atoms with Crippen LogP contribution in [0.5, 0.6) is 5.75 Å². The van der Waals surface area contributed by atoms with E-state index < -0.39 is 5.97 Å². The predicted molar refractivity (Wildman–Crippen MR) is 79.4 cm³/mol. The molecular weight excluding hydrogens is 252 g/mol. The topological polar surface area (TPSA) is 46.5 Å². The molecule has 0 saturated heterocycles. The molecule has 3 heteroatoms. The zero-order valence-corrected chi connectivity index (χ0v) is 11.7. The minimum Gasteiger partial charge on any atom is -0.493 e. The van der Waals surface area contributed by atoms with Crippen LogP contribution in [0.15, 0.2) is 42.5 Å². The van der Waals surface area contributed by atoms with Crippen LogP contribution in [0.25, 0.3) is 11.1 Å². The van der Waals surface area contributed by atoms with Gasteiger partial charge < -0.3 is 9.84 Å². The van der Waals surface area contributed by atoms with Gasteiger partial charge in [-0.05, 0) is 25.5 Å². The van der Waals surface area contributed by atoms with E-state index in [1.54, 1.807) is 6.07 Å². The lowest BCUT2D eigenvalue weighted by atomic mass is 9.97. The minimum atomic E-state index is -0.926. The lowest BCUT2D eigenvalue weighted by Crippen LogP contribution is -2.02. The molecule has 0 aliphatic heterocycles. The largest absolute Gasteiger partial charge is 0.493 e. The number of ether oxygens (including phenoxy) is 1. The third kappa shape index (κ3) is 2.99. The number of hydrogen-bond donors (Lipinski definition) is 1. The number of para-hydroxylation sites is 1.